The van der Waals surface area contributed by atoms with E-state index in [0.717, 1.165) is 5.56 Å². The van der Waals surface area contributed by atoms with E-state index < -0.39 is 6.04 Å². The fraction of sp³-hybridized carbons (Fsp3) is 0.200. The van der Waals surface area contributed by atoms with Crippen LogP contribution in [0, 0.1) is 0 Å². The van der Waals surface area contributed by atoms with E-state index in [4.69, 9.17) is 0 Å². The third kappa shape index (κ3) is 1.59. The Morgan fingerprint density at radius 3 is 2.57 bits per heavy atom. The first-order valence-electron chi connectivity index (χ1n) is 4.32. The lowest BCUT2D eigenvalue weighted by Gasteiger charge is -2.10. The Kier molecular flexibility index (Phi) is 2.18. The number of azo groups is 1. The predicted molar refractivity (Wildman–Crippen MR) is 52.2 cm³/mol. The second-order valence-corrected chi connectivity index (χ2v) is 3.03. The molecule has 1 aliphatic rings. The third-order valence-electron chi connectivity index (χ3n) is 1.94. The number of amidine groups is 1. The quantitative estimate of drug-likeness (QED) is 0.664. The molecule has 2 rings (SSSR count). The Hall–Kier alpha value is -1.84. The number of hydrogen-bond donors (Lipinski definition) is 0. The molecule has 4 heteroatoms. The average molecular weight is 187 g/mol. The zero-order valence-electron chi connectivity index (χ0n) is 7.71. The van der Waals surface area contributed by atoms with Crippen molar-refractivity contribution in [2.24, 2.45) is 15.2 Å². The molecule has 14 heavy (non-hydrogen) atoms. The van der Waals surface area contributed by atoms with E-state index in [0.29, 0.717) is 5.84 Å². The van der Waals surface area contributed by atoms with Gasteiger partial charge in [0.1, 0.15) is 0 Å². The van der Waals surface area contributed by atoms with Gasteiger partial charge in [-0.15, -0.1) is 5.11 Å². The summed E-state index contributed by atoms with van der Waals surface area (Å²) < 4.78 is 0. The number of rotatable bonds is 1. The van der Waals surface area contributed by atoms with Gasteiger partial charge in [-0.25, -0.2) is 0 Å². The molecule has 0 bridgehead atoms. The molecule has 1 aromatic rings. The fourth-order valence-electron chi connectivity index (χ4n) is 1.28. The highest BCUT2D eigenvalue weighted by atomic mass is 16.1. The predicted octanol–water partition coefficient (Wildman–Crippen LogP) is 2.14. The number of benzene rings is 1. The summed E-state index contributed by atoms with van der Waals surface area (Å²) in [4.78, 5) is 15.2. The van der Waals surface area contributed by atoms with Gasteiger partial charge in [0, 0.05) is 0 Å². The number of aliphatic imine (C=N–C) groups is 1. The summed E-state index contributed by atoms with van der Waals surface area (Å²) in [6, 6.07) is 8.75. The molecule has 1 heterocycles. The van der Waals surface area contributed by atoms with E-state index in [1.807, 2.05) is 30.3 Å². The van der Waals surface area contributed by atoms with Gasteiger partial charge in [0.15, 0.2) is 11.9 Å². The molecule has 70 valence electrons. The summed E-state index contributed by atoms with van der Waals surface area (Å²) in [5, 5.41) is 7.70. The van der Waals surface area contributed by atoms with Gasteiger partial charge in [0.2, 0.25) is 0 Å². The number of carbonyl (C=O) groups is 1. The largest absolute Gasteiger partial charge is 0.278 e. The third-order valence-corrected chi connectivity index (χ3v) is 1.94. The monoisotopic (exact) mass is 187 g/mol. The van der Waals surface area contributed by atoms with Crippen LogP contribution >= 0.6 is 0 Å². The first-order valence-corrected chi connectivity index (χ1v) is 4.32. The zero-order chi connectivity index (χ0) is 9.97. The number of carbonyl (C=O) groups excluding carboxylic acids is 1. The molecule has 0 fully saturated rings. The van der Waals surface area contributed by atoms with Crippen molar-refractivity contribution in [2.75, 3.05) is 0 Å². The van der Waals surface area contributed by atoms with E-state index in [9.17, 15) is 4.79 Å². The van der Waals surface area contributed by atoms with Crippen LogP contribution in [0.4, 0.5) is 0 Å². The van der Waals surface area contributed by atoms with Crippen LogP contribution in [-0.4, -0.2) is 11.7 Å². The van der Waals surface area contributed by atoms with Crippen LogP contribution < -0.4 is 0 Å². The molecule has 1 aliphatic heterocycles. The molecule has 4 nitrogen and oxygen atoms in total. The van der Waals surface area contributed by atoms with Crippen molar-refractivity contribution in [2.45, 2.75) is 13.0 Å². The van der Waals surface area contributed by atoms with Crippen LogP contribution in [0.5, 0.6) is 0 Å². The van der Waals surface area contributed by atoms with Gasteiger partial charge < -0.3 is 0 Å². The van der Waals surface area contributed by atoms with Gasteiger partial charge in [-0.3, -0.25) is 4.79 Å². The van der Waals surface area contributed by atoms with Crippen molar-refractivity contribution >= 4 is 11.7 Å². The second-order valence-electron chi connectivity index (χ2n) is 3.03. The van der Waals surface area contributed by atoms with Crippen LogP contribution in [0.25, 0.3) is 0 Å². The first kappa shape index (κ1) is 8.74. The van der Waals surface area contributed by atoms with Crippen molar-refractivity contribution in [3.05, 3.63) is 35.9 Å². The van der Waals surface area contributed by atoms with Crippen LogP contribution in [-0.2, 0) is 4.79 Å². The molecular formula is C10H9N3O. The molecule has 1 amide bonds. The van der Waals surface area contributed by atoms with E-state index in [1.165, 1.54) is 0 Å². The van der Waals surface area contributed by atoms with Crippen LogP contribution in [0.2, 0.25) is 0 Å². The number of hydrogen-bond acceptors (Lipinski definition) is 3. The molecule has 1 unspecified atom stereocenters. The van der Waals surface area contributed by atoms with Crippen molar-refractivity contribution in [1.29, 1.82) is 0 Å². The normalized spacial score (nSPS) is 20.8. The summed E-state index contributed by atoms with van der Waals surface area (Å²) >= 11 is 0. The smallest absolute Gasteiger partial charge is 0.270 e. The molecule has 0 radical (unpaired) electrons. The summed E-state index contributed by atoms with van der Waals surface area (Å²) in [5.74, 6) is 0.172. The molecule has 0 spiro atoms. The van der Waals surface area contributed by atoms with Gasteiger partial charge in [0.25, 0.3) is 5.91 Å². The van der Waals surface area contributed by atoms with Gasteiger partial charge in [0.05, 0.1) is 0 Å². The van der Waals surface area contributed by atoms with Crippen LogP contribution in [0.1, 0.15) is 18.5 Å². The molecule has 0 saturated heterocycles. The lowest BCUT2D eigenvalue weighted by Crippen LogP contribution is -2.13. The molecule has 1 atom stereocenters. The molecule has 0 N–H and O–H groups in total. The lowest BCUT2D eigenvalue weighted by molar-refractivity contribution is -0.119. The van der Waals surface area contributed by atoms with Crippen molar-refractivity contribution < 1.29 is 4.79 Å². The SMILES string of the molecule is CC1=NC(=O)C(c2ccccc2)N=N1. The Morgan fingerprint density at radius 2 is 1.93 bits per heavy atom. The molecule has 0 saturated carbocycles. The van der Waals surface area contributed by atoms with Crippen LogP contribution in [0.15, 0.2) is 45.6 Å². The first-order chi connectivity index (χ1) is 6.77. The van der Waals surface area contributed by atoms with Crippen LogP contribution in [0.3, 0.4) is 0 Å². The zero-order valence-corrected chi connectivity index (χ0v) is 7.71. The van der Waals surface area contributed by atoms with Crippen molar-refractivity contribution in [3.63, 3.8) is 0 Å². The topological polar surface area (TPSA) is 54.1 Å². The number of amides is 1. The highest BCUT2D eigenvalue weighted by Crippen LogP contribution is 2.21. The maximum Gasteiger partial charge on any atom is 0.278 e. The summed E-state index contributed by atoms with van der Waals surface area (Å²) in [7, 11) is 0. The Balaban J connectivity index is 2.31. The minimum absolute atomic E-state index is 0.247. The summed E-state index contributed by atoms with van der Waals surface area (Å²) in [6.45, 7) is 1.66. The Labute approximate surface area is 81.4 Å². The van der Waals surface area contributed by atoms with E-state index >= 15 is 0 Å². The van der Waals surface area contributed by atoms with Gasteiger partial charge in [-0.2, -0.15) is 10.1 Å². The highest BCUT2D eigenvalue weighted by Gasteiger charge is 2.22. The molecular weight excluding hydrogens is 178 g/mol. The maximum atomic E-state index is 11.5. The van der Waals surface area contributed by atoms with Crippen molar-refractivity contribution in [1.82, 2.24) is 0 Å². The lowest BCUT2D eigenvalue weighted by atomic mass is 10.1. The highest BCUT2D eigenvalue weighted by molar-refractivity contribution is 5.97. The van der Waals surface area contributed by atoms with Crippen molar-refractivity contribution in [3.8, 4) is 0 Å². The second kappa shape index (κ2) is 3.49. The molecule has 0 aliphatic carbocycles. The number of nitrogens with zero attached hydrogens (tertiary/aromatic N) is 3. The van der Waals surface area contributed by atoms with E-state index in [-0.39, 0.29) is 5.91 Å². The van der Waals surface area contributed by atoms with E-state index in [2.05, 4.69) is 15.2 Å². The van der Waals surface area contributed by atoms with E-state index in [1.54, 1.807) is 6.92 Å². The average Bonchev–Trinajstić information content (AvgIpc) is 2.19. The standard InChI is InChI=1S/C10H9N3O/c1-7-11-10(14)9(13-12-7)8-5-3-2-4-6-8/h2-6,9H,1H3. The minimum Gasteiger partial charge on any atom is -0.270 e. The molecule has 1 aromatic carbocycles. The maximum absolute atomic E-state index is 11.5. The fourth-order valence-corrected chi connectivity index (χ4v) is 1.28. The summed E-state index contributed by atoms with van der Waals surface area (Å²) in [5.41, 5.74) is 0.831. The van der Waals surface area contributed by atoms with Gasteiger partial charge in [-0.05, 0) is 12.5 Å². The van der Waals surface area contributed by atoms with Gasteiger partial charge >= 0.3 is 0 Å². The molecule has 0 aromatic heterocycles. The Bertz CT molecular complexity index is 409. The summed E-state index contributed by atoms with van der Waals surface area (Å²) in [6.07, 6.45) is 0. The Morgan fingerprint density at radius 1 is 1.21 bits per heavy atom. The van der Waals surface area contributed by atoms with Gasteiger partial charge in [-0.1, -0.05) is 30.3 Å². The minimum atomic E-state index is -0.556.